The van der Waals surface area contributed by atoms with E-state index < -0.39 is 0 Å². The quantitative estimate of drug-likeness (QED) is 0.129. The van der Waals surface area contributed by atoms with Gasteiger partial charge >= 0.3 is 0 Å². The summed E-state index contributed by atoms with van der Waals surface area (Å²) in [5.74, 6) is 0. The van der Waals surface area contributed by atoms with Crippen LogP contribution in [0.4, 0.5) is 51.2 Å². The summed E-state index contributed by atoms with van der Waals surface area (Å²) in [6.07, 6.45) is 0. The SMILES string of the molecule is c1ccc(N(c2ccc(-c3ccc4oc5ccccc5c4c3)cc2)c2cc(N(c3ccccc3)c3ccc(-c4cccc5c4sc4ccccc45)cc3)cc(N(c3ccccc3)c3cccc4c3oc3ccccc34)c2)cc1. The molecule has 0 unspecified atom stereocenters. The van der Waals surface area contributed by atoms with E-state index in [1.165, 1.54) is 31.3 Å². The van der Waals surface area contributed by atoms with Crippen LogP contribution in [0.3, 0.4) is 0 Å². The molecule has 0 bridgehead atoms. The van der Waals surface area contributed by atoms with Gasteiger partial charge in [-0.15, -0.1) is 11.3 Å². The van der Waals surface area contributed by atoms with Crippen LogP contribution < -0.4 is 14.7 Å². The second kappa shape index (κ2) is 18.9. The molecule has 0 spiro atoms. The molecule has 0 atom stereocenters. The van der Waals surface area contributed by atoms with Crippen LogP contribution in [0.2, 0.25) is 0 Å². The second-order valence-corrected chi connectivity index (χ2v) is 20.7. The fourth-order valence-electron chi connectivity index (χ4n) is 11.4. The van der Waals surface area contributed by atoms with Gasteiger partial charge < -0.3 is 23.5 Å². The van der Waals surface area contributed by atoms with Gasteiger partial charge in [0, 0.05) is 70.2 Å². The van der Waals surface area contributed by atoms with Crippen LogP contribution >= 0.6 is 11.3 Å². The average molecular weight is 1020 g/mol. The number of thiophene rings is 1. The number of benzene rings is 12. The van der Waals surface area contributed by atoms with E-state index in [9.17, 15) is 0 Å². The molecular formula is C72H47N3O2S. The molecule has 6 heteroatoms. The minimum Gasteiger partial charge on any atom is -0.456 e. The molecule has 0 saturated carbocycles. The van der Waals surface area contributed by atoms with Crippen molar-refractivity contribution in [3.05, 3.63) is 285 Å². The van der Waals surface area contributed by atoms with Crippen molar-refractivity contribution in [1.82, 2.24) is 0 Å². The van der Waals surface area contributed by atoms with Crippen molar-refractivity contribution in [3.8, 4) is 22.3 Å². The van der Waals surface area contributed by atoms with Gasteiger partial charge in [-0.3, -0.25) is 0 Å². The maximum Gasteiger partial charge on any atom is 0.159 e. The Morgan fingerprint density at radius 2 is 0.705 bits per heavy atom. The topological polar surface area (TPSA) is 36.0 Å². The van der Waals surface area contributed by atoms with Gasteiger partial charge in [0.2, 0.25) is 0 Å². The molecule has 0 aliphatic heterocycles. The molecule has 0 aliphatic rings. The van der Waals surface area contributed by atoms with Gasteiger partial charge in [-0.25, -0.2) is 0 Å². The molecule has 368 valence electrons. The van der Waals surface area contributed by atoms with E-state index >= 15 is 0 Å². The molecule has 0 N–H and O–H groups in total. The Bertz CT molecular complexity index is 4680. The van der Waals surface area contributed by atoms with Gasteiger partial charge in [0.25, 0.3) is 0 Å². The Labute approximate surface area is 454 Å². The van der Waals surface area contributed by atoms with E-state index in [1.54, 1.807) is 0 Å². The highest BCUT2D eigenvalue weighted by Crippen LogP contribution is 2.49. The second-order valence-electron chi connectivity index (χ2n) is 19.7. The lowest BCUT2D eigenvalue weighted by molar-refractivity contribution is 0.668. The number of anilines is 9. The zero-order valence-electron chi connectivity index (χ0n) is 42.2. The third kappa shape index (κ3) is 7.85. The standard InChI is InChI=1S/C72H47N3O2S/c1-4-18-51(19-5-1)73(54-39-34-48(35-40-54)50-38-43-69-65(44-50)61-25-11-13-31-67(61)76-69)56-45-57(47-58(46-56)75(53-22-8-3-9-23-53)66-30-17-28-63-60-24-10-14-32-68(60)77-71(63)66)74(52-20-6-2-7-21-52)55-41-36-49(37-42-55)59-27-16-29-64-62-26-12-15-33-70(62)78-72(59)64/h1-47H. The Morgan fingerprint density at radius 1 is 0.256 bits per heavy atom. The van der Waals surface area contributed by atoms with Crippen LogP contribution in [-0.4, -0.2) is 0 Å². The van der Waals surface area contributed by atoms with Crippen molar-refractivity contribution < 1.29 is 8.83 Å². The van der Waals surface area contributed by atoms with Crippen molar-refractivity contribution in [2.75, 3.05) is 14.7 Å². The summed E-state index contributed by atoms with van der Waals surface area (Å²) < 4.78 is 15.7. The van der Waals surface area contributed by atoms with Gasteiger partial charge in [0.1, 0.15) is 16.7 Å². The van der Waals surface area contributed by atoms with Gasteiger partial charge in [-0.2, -0.15) is 0 Å². The van der Waals surface area contributed by atoms with Gasteiger partial charge in [0.05, 0.1) is 22.7 Å². The molecule has 3 aromatic heterocycles. The smallest absolute Gasteiger partial charge is 0.159 e. The van der Waals surface area contributed by atoms with Crippen LogP contribution in [-0.2, 0) is 0 Å². The third-order valence-corrected chi connectivity index (χ3v) is 16.2. The summed E-state index contributed by atoms with van der Waals surface area (Å²) in [5, 5.41) is 6.94. The lowest BCUT2D eigenvalue weighted by Gasteiger charge is -2.33. The van der Waals surface area contributed by atoms with Gasteiger partial charge in [0.15, 0.2) is 5.58 Å². The first kappa shape index (κ1) is 45.3. The van der Waals surface area contributed by atoms with Crippen LogP contribution in [0, 0.1) is 0 Å². The first-order chi connectivity index (χ1) is 38.7. The summed E-state index contributed by atoms with van der Waals surface area (Å²) in [4.78, 5) is 7.09. The maximum atomic E-state index is 6.85. The molecule has 15 rings (SSSR count). The third-order valence-electron chi connectivity index (χ3n) is 15.0. The lowest BCUT2D eigenvalue weighted by atomic mass is 10.0. The minimum atomic E-state index is 0.816. The first-order valence-electron chi connectivity index (χ1n) is 26.3. The molecular weight excluding hydrogens is 971 g/mol. The Morgan fingerprint density at radius 3 is 1.35 bits per heavy atom. The Hall–Kier alpha value is -10.1. The normalized spacial score (nSPS) is 11.6. The largest absolute Gasteiger partial charge is 0.456 e. The lowest BCUT2D eigenvalue weighted by Crippen LogP contribution is -2.16. The summed E-state index contributed by atoms with van der Waals surface area (Å²) in [6, 6.07) is 102. The van der Waals surface area contributed by atoms with Crippen LogP contribution in [0.25, 0.3) is 86.3 Å². The van der Waals surface area contributed by atoms with Crippen molar-refractivity contribution in [1.29, 1.82) is 0 Å². The van der Waals surface area contributed by atoms with E-state index in [0.29, 0.717) is 0 Å². The summed E-state index contributed by atoms with van der Waals surface area (Å²) in [6.45, 7) is 0. The van der Waals surface area contributed by atoms with E-state index in [4.69, 9.17) is 8.83 Å². The molecule has 0 aliphatic carbocycles. The molecule has 0 amide bonds. The molecule has 5 nitrogen and oxygen atoms in total. The highest BCUT2D eigenvalue weighted by molar-refractivity contribution is 7.26. The summed E-state index contributed by atoms with van der Waals surface area (Å²) in [5.41, 5.74) is 17.0. The number of fused-ring (bicyclic) bond motifs is 9. The number of hydrogen-bond donors (Lipinski definition) is 0. The van der Waals surface area contributed by atoms with Crippen molar-refractivity contribution in [2.45, 2.75) is 0 Å². The number of hydrogen-bond acceptors (Lipinski definition) is 6. The highest BCUT2D eigenvalue weighted by atomic mass is 32.1. The maximum absolute atomic E-state index is 6.85. The monoisotopic (exact) mass is 1020 g/mol. The van der Waals surface area contributed by atoms with Crippen LogP contribution in [0.1, 0.15) is 0 Å². The predicted molar refractivity (Wildman–Crippen MR) is 329 cm³/mol. The number of rotatable bonds is 11. The average Bonchev–Trinajstić information content (AvgIpc) is 4.35. The summed E-state index contributed by atoms with van der Waals surface area (Å²) in [7, 11) is 0. The van der Waals surface area contributed by atoms with Crippen LogP contribution in [0.5, 0.6) is 0 Å². The number of para-hydroxylation sites is 6. The number of nitrogens with zero attached hydrogens (tertiary/aromatic N) is 3. The fraction of sp³-hybridized carbons (Fsp3) is 0. The van der Waals surface area contributed by atoms with E-state index in [-0.39, 0.29) is 0 Å². The van der Waals surface area contributed by atoms with E-state index in [0.717, 1.165) is 106 Å². The highest BCUT2D eigenvalue weighted by Gasteiger charge is 2.25. The van der Waals surface area contributed by atoms with Gasteiger partial charge in [-0.05, 0) is 138 Å². The van der Waals surface area contributed by atoms with E-state index in [1.807, 2.05) is 29.5 Å². The molecule has 0 saturated heterocycles. The zero-order valence-corrected chi connectivity index (χ0v) is 43.0. The first-order valence-corrected chi connectivity index (χ1v) is 27.1. The molecule has 12 aromatic carbocycles. The Balaban J connectivity index is 0.936. The molecule has 0 radical (unpaired) electrons. The van der Waals surface area contributed by atoms with Crippen molar-refractivity contribution >= 4 is 127 Å². The minimum absolute atomic E-state index is 0.816. The molecule has 78 heavy (non-hydrogen) atoms. The molecule has 0 fully saturated rings. The van der Waals surface area contributed by atoms with Crippen molar-refractivity contribution in [2.24, 2.45) is 0 Å². The summed E-state index contributed by atoms with van der Waals surface area (Å²) >= 11 is 1.86. The van der Waals surface area contributed by atoms with Crippen LogP contribution in [0.15, 0.2) is 294 Å². The van der Waals surface area contributed by atoms with Gasteiger partial charge in [-0.1, -0.05) is 170 Å². The van der Waals surface area contributed by atoms with Crippen molar-refractivity contribution in [3.63, 3.8) is 0 Å². The fourth-order valence-corrected chi connectivity index (χ4v) is 12.6. The molecule has 3 heterocycles. The molecule has 15 aromatic rings. The zero-order chi connectivity index (χ0) is 51.5. The van der Waals surface area contributed by atoms with E-state index in [2.05, 4.69) is 282 Å². The Kier molecular flexibility index (Phi) is 11.0. The number of furan rings is 2. The predicted octanol–water partition coefficient (Wildman–Crippen LogP) is 21.6.